The van der Waals surface area contributed by atoms with Crippen molar-refractivity contribution < 1.29 is 14.3 Å². The Labute approximate surface area is 176 Å². The summed E-state index contributed by atoms with van der Waals surface area (Å²) in [6.45, 7) is 1.83. The second-order valence-electron chi connectivity index (χ2n) is 8.26. The summed E-state index contributed by atoms with van der Waals surface area (Å²) in [4.78, 5) is 27.2. The van der Waals surface area contributed by atoms with Crippen LogP contribution in [0.5, 0.6) is 5.75 Å². The van der Waals surface area contributed by atoms with E-state index >= 15 is 0 Å². The van der Waals surface area contributed by atoms with Crippen LogP contribution < -0.4 is 10.1 Å². The van der Waals surface area contributed by atoms with Gasteiger partial charge >= 0.3 is 0 Å². The molecule has 1 unspecified atom stereocenters. The third kappa shape index (κ3) is 4.56. The number of fused-ring (bicyclic) bond motifs is 1. The molecular weight excluding hydrogens is 380 g/mol. The fourth-order valence-electron chi connectivity index (χ4n) is 4.29. The average Bonchev–Trinajstić information content (AvgIpc) is 3.20. The van der Waals surface area contributed by atoms with Gasteiger partial charge in [0.1, 0.15) is 11.4 Å². The Morgan fingerprint density at radius 3 is 2.93 bits per heavy atom. The highest BCUT2D eigenvalue weighted by Gasteiger charge is 2.37. The Morgan fingerprint density at radius 2 is 2.10 bits per heavy atom. The molecule has 1 aromatic carbocycles. The Balaban J connectivity index is 1.52. The maximum atomic E-state index is 12.9. The number of para-hydroxylation sites is 1. The molecule has 2 aliphatic heterocycles. The van der Waals surface area contributed by atoms with E-state index in [1.807, 2.05) is 36.2 Å². The van der Waals surface area contributed by atoms with Crippen molar-refractivity contribution in [3.63, 3.8) is 0 Å². The minimum absolute atomic E-state index is 0.00656. The summed E-state index contributed by atoms with van der Waals surface area (Å²) in [5.41, 5.74) is 1.34. The third-order valence-electron chi connectivity index (χ3n) is 5.93. The monoisotopic (exact) mass is 408 g/mol. The van der Waals surface area contributed by atoms with E-state index in [0.29, 0.717) is 25.3 Å². The van der Waals surface area contributed by atoms with E-state index in [1.54, 1.807) is 16.9 Å². The van der Waals surface area contributed by atoms with Crippen LogP contribution in [0.1, 0.15) is 35.3 Å². The molecule has 1 spiro atoms. The van der Waals surface area contributed by atoms with Crippen molar-refractivity contribution in [2.75, 3.05) is 26.2 Å². The topological polar surface area (TPSA) is 76.5 Å². The maximum absolute atomic E-state index is 12.9. The summed E-state index contributed by atoms with van der Waals surface area (Å²) >= 11 is 0. The Kier molecular flexibility index (Phi) is 5.88. The van der Waals surface area contributed by atoms with Gasteiger partial charge in [-0.2, -0.15) is 5.10 Å². The van der Waals surface area contributed by atoms with E-state index in [4.69, 9.17) is 4.74 Å². The molecular formula is C23H28N4O3. The lowest BCUT2D eigenvalue weighted by Gasteiger charge is -2.42. The molecule has 0 saturated carbocycles. The fourth-order valence-corrected chi connectivity index (χ4v) is 4.29. The van der Waals surface area contributed by atoms with Gasteiger partial charge in [-0.25, -0.2) is 0 Å². The number of hydrogen-bond donors (Lipinski definition) is 1. The fraction of sp³-hybridized carbons (Fsp3) is 0.435. The van der Waals surface area contributed by atoms with E-state index in [1.165, 1.54) is 0 Å². The van der Waals surface area contributed by atoms with Crippen molar-refractivity contribution in [1.82, 2.24) is 20.0 Å². The lowest BCUT2D eigenvalue weighted by Crippen LogP contribution is -2.51. The van der Waals surface area contributed by atoms with Gasteiger partial charge in [0.05, 0.1) is 0 Å². The number of likely N-dealkylation sites (tertiary alicyclic amines) is 1. The number of piperidine rings is 1. The summed E-state index contributed by atoms with van der Waals surface area (Å²) in [5, 5.41) is 7.30. The van der Waals surface area contributed by atoms with Gasteiger partial charge in [0, 0.05) is 38.3 Å². The average molecular weight is 409 g/mol. The molecule has 0 aliphatic carbocycles. The Morgan fingerprint density at radius 1 is 1.23 bits per heavy atom. The normalized spacial score (nSPS) is 23.5. The van der Waals surface area contributed by atoms with Gasteiger partial charge in [-0.15, -0.1) is 0 Å². The highest BCUT2D eigenvalue weighted by Crippen LogP contribution is 2.34. The highest BCUT2D eigenvalue weighted by molar-refractivity contribution is 5.92. The van der Waals surface area contributed by atoms with Crippen molar-refractivity contribution in [3.05, 3.63) is 59.9 Å². The first-order valence-electron chi connectivity index (χ1n) is 10.5. The number of nitrogens with one attached hydrogen (secondary N) is 1. The standard InChI is InChI=1S/C23H28N4O3/c1-26-14-10-19(25-26)22(29)27-13-6-12-23(17-27)11-5-4-8-18-7-2-3-9-20(18)30-15-21(28)24-16-23/h2-5,7,9-10,14H,6,8,11-13,15-17H2,1H3,(H,24,28)/b5-4+. The molecule has 1 saturated heterocycles. The molecule has 7 heteroatoms. The number of aromatic nitrogens is 2. The molecule has 0 radical (unpaired) electrons. The zero-order chi connectivity index (χ0) is 21.0. The number of carbonyl (C=O) groups excluding carboxylic acids is 2. The Bertz CT molecular complexity index is 951. The molecule has 30 heavy (non-hydrogen) atoms. The van der Waals surface area contributed by atoms with Gasteiger partial charge in [-0.1, -0.05) is 30.4 Å². The van der Waals surface area contributed by atoms with Crippen LogP contribution in [-0.2, 0) is 18.3 Å². The van der Waals surface area contributed by atoms with E-state index in [-0.39, 0.29) is 23.8 Å². The number of ether oxygens (including phenoxy) is 1. The van der Waals surface area contributed by atoms with Gasteiger partial charge in [0.15, 0.2) is 6.61 Å². The zero-order valence-corrected chi connectivity index (χ0v) is 17.3. The number of aryl methyl sites for hydroxylation is 1. The first kappa shape index (κ1) is 20.2. The quantitative estimate of drug-likeness (QED) is 0.735. The summed E-state index contributed by atoms with van der Waals surface area (Å²) < 4.78 is 7.39. The lowest BCUT2D eigenvalue weighted by atomic mass is 9.76. The summed E-state index contributed by atoms with van der Waals surface area (Å²) in [6, 6.07) is 9.56. The van der Waals surface area contributed by atoms with Crippen molar-refractivity contribution >= 4 is 11.8 Å². The molecule has 158 valence electrons. The van der Waals surface area contributed by atoms with Crippen LogP contribution in [-0.4, -0.2) is 52.7 Å². The summed E-state index contributed by atoms with van der Waals surface area (Å²) in [7, 11) is 1.81. The molecule has 7 nitrogen and oxygen atoms in total. The van der Waals surface area contributed by atoms with Gasteiger partial charge in [-0.05, 0) is 43.4 Å². The van der Waals surface area contributed by atoms with E-state index < -0.39 is 0 Å². The molecule has 0 bridgehead atoms. The van der Waals surface area contributed by atoms with Crippen LogP contribution in [0.2, 0.25) is 0 Å². The number of amides is 2. The summed E-state index contributed by atoms with van der Waals surface area (Å²) in [5.74, 6) is 0.563. The van der Waals surface area contributed by atoms with Crippen LogP contribution in [0.3, 0.4) is 0 Å². The van der Waals surface area contributed by atoms with Crippen LogP contribution in [0, 0.1) is 5.41 Å². The predicted octanol–water partition coefficient (Wildman–Crippen LogP) is 2.34. The van der Waals surface area contributed by atoms with Crippen LogP contribution in [0.4, 0.5) is 0 Å². The maximum Gasteiger partial charge on any atom is 0.274 e. The van der Waals surface area contributed by atoms with Gasteiger partial charge < -0.3 is 15.0 Å². The Hall–Kier alpha value is -3.09. The van der Waals surface area contributed by atoms with Crippen molar-refractivity contribution in [3.8, 4) is 5.75 Å². The van der Waals surface area contributed by atoms with E-state index in [0.717, 1.165) is 37.0 Å². The minimum atomic E-state index is -0.187. The number of carbonyl (C=O) groups is 2. The third-order valence-corrected chi connectivity index (χ3v) is 5.93. The molecule has 2 amide bonds. The number of hydrogen-bond acceptors (Lipinski definition) is 4. The van der Waals surface area contributed by atoms with E-state index in [9.17, 15) is 9.59 Å². The number of rotatable bonds is 1. The number of benzene rings is 1. The minimum Gasteiger partial charge on any atom is -0.483 e. The second kappa shape index (κ2) is 8.73. The highest BCUT2D eigenvalue weighted by atomic mass is 16.5. The predicted molar refractivity (Wildman–Crippen MR) is 113 cm³/mol. The smallest absolute Gasteiger partial charge is 0.274 e. The molecule has 1 atom stereocenters. The molecule has 3 heterocycles. The van der Waals surface area contributed by atoms with Crippen molar-refractivity contribution in [2.24, 2.45) is 12.5 Å². The molecule has 1 fully saturated rings. The van der Waals surface area contributed by atoms with E-state index in [2.05, 4.69) is 22.6 Å². The van der Waals surface area contributed by atoms with Crippen LogP contribution in [0.25, 0.3) is 0 Å². The first-order valence-corrected chi connectivity index (χ1v) is 10.5. The van der Waals surface area contributed by atoms with Gasteiger partial charge in [-0.3, -0.25) is 14.3 Å². The molecule has 2 aromatic rings. The van der Waals surface area contributed by atoms with Gasteiger partial charge in [0.2, 0.25) is 0 Å². The second-order valence-corrected chi connectivity index (χ2v) is 8.26. The largest absolute Gasteiger partial charge is 0.483 e. The SMILES string of the molecule is Cn1ccc(C(=O)N2CCCC3(C/C=C/Cc4ccccc4OCC(=O)NC3)C2)n1. The van der Waals surface area contributed by atoms with Crippen molar-refractivity contribution in [2.45, 2.75) is 25.7 Å². The first-order chi connectivity index (χ1) is 14.5. The number of nitrogens with zero attached hydrogens (tertiary/aromatic N) is 3. The molecule has 2 aliphatic rings. The van der Waals surface area contributed by atoms with Crippen LogP contribution in [0.15, 0.2) is 48.7 Å². The van der Waals surface area contributed by atoms with Crippen molar-refractivity contribution in [1.29, 1.82) is 0 Å². The zero-order valence-electron chi connectivity index (χ0n) is 17.3. The molecule has 4 rings (SSSR count). The lowest BCUT2D eigenvalue weighted by molar-refractivity contribution is -0.123. The van der Waals surface area contributed by atoms with Gasteiger partial charge in [0.25, 0.3) is 11.8 Å². The van der Waals surface area contributed by atoms with Crippen LogP contribution >= 0.6 is 0 Å². The molecule has 1 aromatic heterocycles. The molecule has 1 N–H and O–H groups in total. The summed E-state index contributed by atoms with van der Waals surface area (Å²) in [6.07, 6.45) is 9.55. The number of allylic oxidation sites excluding steroid dienone is 2.